The zero-order valence-corrected chi connectivity index (χ0v) is 11.9. The van der Waals surface area contributed by atoms with Crippen molar-refractivity contribution in [3.05, 3.63) is 23.8 Å². The molecule has 18 heavy (non-hydrogen) atoms. The third kappa shape index (κ3) is 3.16. The standard InChI is InChI=1S/C15H25N3/c1-17(2)11-6-12-18(3)14-9-4-7-13-8-5-10-16-15(13)14/h4,7,9,16H,5-6,8,10-12H2,1-3H3. The molecule has 1 aliphatic heterocycles. The van der Waals surface area contributed by atoms with Gasteiger partial charge in [-0.2, -0.15) is 0 Å². The molecular weight excluding hydrogens is 222 g/mol. The van der Waals surface area contributed by atoms with Gasteiger partial charge in [-0.05, 0) is 51.5 Å². The first-order valence-electron chi connectivity index (χ1n) is 6.90. The van der Waals surface area contributed by atoms with E-state index in [9.17, 15) is 0 Å². The molecule has 0 saturated carbocycles. The summed E-state index contributed by atoms with van der Waals surface area (Å²) in [4.78, 5) is 4.62. The average molecular weight is 247 g/mol. The van der Waals surface area contributed by atoms with Gasteiger partial charge in [0.1, 0.15) is 0 Å². The predicted octanol–water partition coefficient (Wildman–Crippen LogP) is 2.43. The van der Waals surface area contributed by atoms with Crippen molar-refractivity contribution >= 4 is 11.4 Å². The number of rotatable bonds is 5. The van der Waals surface area contributed by atoms with Crippen LogP contribution >= 0.6 is 0 Å². The first-order valence-corrected chi connectivity index (χ1v) is 6.90. The largest absolute Gasteiger partial charge is 0.383 e. The highest BCUT2D eigenvalue weighted by Crippen LogP contribution is 2.32. The lowest BCUT2D eigenvalue weighted by Gasteiger charge is -2.27. The summed E-state index contributed by atoms with van der Waals surface area (Å²) in [6.45, 7) is 3.36. The van der Waals surface area contributed by atoms with Gasteiger partial charge in [0.15, 0.2) is 0 Å². The molecule has 100 valence electrons. The smallest absolute Gasteiger partial charge is 0.0610 e. The third-order valence-corrected chi connectivity index (χ3v) is 3.56. The quantitative estimate of drug-likeness (QED) is 0.862. The Bertz CT molecular complexity index is 387. The molecule has 0 aromatic heterocycles. The fourth-order valence-corrected chi connectivity index (χ4v) is 2.55. The lowest BCUT2D eigenvalue weighted by molar-refractivity contribution is 0.401. The molecule has 0 bridgehead atoms. The minimum absolute atomic E-state index is 1.11. The number of hydrogen-bond acceptors (Lipinski definition) is 3. The second-order valence-corrected chi connectivity index (χ2v) is 5.42. The molecule has 3 nitrogen and oxygen atoms in total. The lowest BCUT2D eigenvalue weighted by Crippen LogP contribution is -2.25. The first kappa shape index (κ1) is 13.2. The van der Waals surface area contributed by atoms with E-state index in [4.69, 9.17) is 0 Å². The van der Waals surface area contributed by atoms with E-state index in [0.29, 0.717) is 0 Å². The molecule has 1 aromatic rings. The molecule has 2 rings (SSSR count). The average Bonchev–Trinajstić information content (AvgIpc) is 2.37. The van der Waals surface area contributed by atoms with Crippen LogP contribution in [0, 0.1) is 0 Å². The second kappa shape index (κ2) is 6.10. The van der Waals surface area contributed by atoms with Crippen molar-refractivity contribution in [3.8, 4) is 0 Å². The summed E-state index contributed by atoms with van der Waals surface area (Å²) in [6.07, 6.45) is 3.66. The minimum atomic E-state index is 1.11. The van der Waals surface area contributed by atoms with E-state index in [1.54, 1.807) is 0 Å². The van der Waals surface area contributed by atoms with E-state index in [2.05, 4.69) is 54.5 Å². The van der Waals surface area contributed by atoms with Gasteiger partial charge in [0, 0.05) is 20.1 Å². The van der Waals surface area contributed by atoms with Gasteiger partial charge in [0.25, 0.3) is 0 Å². The van der Waals surface area contributed by atoms with Gasteiger partial charge in [-0.1, -0.05) is 12.1 Å². The summed E-state index contributed by atoms with van der Waals surface area (Å²) >= 11 is 0. The van der Waals surface area contributed by atoms with Gasteiger partial charge < -0.3 is 15.1 Å². The van der Waals surface area contributed by atoms with E-state index in [0.717, 1.165) is 19.6 Å². The SMILES string of the molecule is CN(C)CCCN(C)c1cccc2c1NCCC2. The van der Waals surface area contributed by atoms with Crippen LogP contribution in [0.25, 0.3) is 0 Å². The molecule has 0 spiro atoms. The maximum absolute atomic E-state index is 3.56. The van der Waals surface area contributed by atoms with Crippen molar-refractivity contribution < 1.29 is 0 Å². The molecule has 3 heteroatoms. The third-order valence-electron chi connectivity index (χ3n) is 3.56. The minimum Gasteiger partial charge on any atom is -0.383 e. The van der Waals surface area contributed by atoms with Gasteiger partial charge in [-0.15, -0.1) is 0 Å². The highest BCUT2D eigenvalue weighted by Gasteiger charge is 2.14. The van der Waals surface area contributed by atoms with Crippen LogP contribution in [0.5, 0.6) is 0 Å². The predicted molar refractivity (Wildman–Crippen MR) is 79.7 cm³/mol. The van der Waals surface area contributed by atoms with Gasteiger partial charge in [0.05, 0.1) is 11.4 Å². The maximum Gasteiger partial charge on any atom is 0.0610 e. The Morgan fingerprint density at radius 2 is 2.00 bits per heavy atom. The molecule has 1 aromatic carbocycles. The van der Waals surface area contributed by atoms with Crippen LogP contribution in [0.3, 0.4) is 0 Å². The van der Waals surface area contributed by atoms with Crippen molar-refractivity contribution in [1.82, 2.24) is 4.90 Å². The molecule has 1 N–H and O–H groups in total. The monoisotopic (exact) mass is 247 g/mol. The fraction of sp³-hybridized carbons (Fsp3) is 0.600. The number of hydrogen-bond donors (Lipinski definition) is 1. The Morgan fingerprint density at radius 1 is 1.17 bits per heavy atom. The second-order valence-electron chi connectivity index (χ2n) is 5.42. The summed E-state index contributed by atoms with van der Waals surface area (Å²) in [7, 11) is 6.46. The molecule has 0 saturated heterocycles. The Labute approximate surface area is 111 Å². The highest BCUT2D eigenvalue weighted by molar-refractivity contribution is 5.74. The normalized spacial score (nSPS) is 14.2. The van der Waals surface area contributed by atoms with E-state index >= 15 is 0 Å². The maximum atomic E-state index is 3.56. The molecule has 0 unspecified atom stereocenters. The molecule has 0 fully saturated rings. The molecule has 1 aliphatic rings. The summed E-state index contributed by atoms with van der Waals surface area (Å²) in [5, 5.41) is 3.56. The molecule has 0 atom stereocenters. The van der Waals surface area contributed by atoms with Gasteiger partial charge in [-0.3, -0.25) is 0 Å². The molecule has 0 radical (unpaired) electrons. The Balaban J connectivity index is 2.03. The van der Waals surface area contributed by atoms with E-state index < -0.39 is 0 Å². The van der Waals surface area contributed by atoms with Crippen LogP contribution in [-0.4, -0.2) is 45.7 Å². The Kier molecular flexibility index (Phi) is 4.48. The van der Waals surface area contributed by atoms with Crippen LogP contribution in [0.1, 0.15) is 18.4 Å². The van der Waals surface area contributed by atoms with Crippen LogP contribution in [0.2, 0.25) is 0 Å². The summed E-state index contributed by atoms with van der Waals surface area (Å²) < 4.78 is 0. The van der Waals surface area contributed by atoms with Crippen molar-refractivity contribution in [2.24, 2.45) is 0 Å². The number of nitrogens with one attached hydrogen (secondary N) is 1. The molecule has 0 aliphatic carbocycles. The van der Waals surface area contributed by atoms with Gasteiger partial charge >= 0.3 is 0 Å². The summed E-state index contributed by atoms with van der Waals surface area (Å²) in [6, 6.07) is 6.66. The molecule has 0 amide bonds. The zero-order chi connectivity index (χ0) is 13.0. The first-order chi connectivity index (χ1) is 8.68. The van der Waals surface area contributed by atoms with Crippen LogP contribution in [-0.2, 0) is 6.42 Å². The number of nitrogens with zero attached hydrogens (tertiary/aromatic N) is 2. The lowest BCUT2D eigenvalue weighted by atomic mass is 10.0. The van der Waals surface area contributed by atoms with E-state index in [1.165, 1.54) is 36.2 Å². The van der Waals surface area contributed by atoms with Crippen molar-refractivity contribution in [1.29, 1.82) is 0 Å². The number of anilines is 2. The number of para-hydroxylation sites is 1. The van der Waals surface area contributed by atoms with Crippen molar-refractivity contribution in [2.75, 3.05) is 51.0 Å². The molecular formula is C15H25N3. The van der Waals surface area contributed by atoms with Crippen LogP contribution in [0.15, 0.2) is 18.2 Å². The number of benzene rings is 1. The Hall–Kier alpha value is -1.22. The van der Waals surface area contributed by atoms with Crippen molar-refractivity contribution in [3.63, 3.8) is 0 Å². The Morgan fingerprint density at radius 3 is 2.78 bits per heavy atom. The number of fused-ring (bicyclic) bond motifs is 1. The zero-order valence-electron chi connectivity index (χ0n) is 11.9. The van der Waals surface area contributed by atoms with E-state index in [-0.39, 0.29) is 0 Å². The highest BCUT2D eigenvalue weighted by atomic mass is 15.1. The van der Waals surface area contributed by atoms with Gasteiger partial charge in [-0.25, -0.2) is 0 Å². The van der Waals surface area contributed by atoms with E-state index in [1.807, 2.05) is 0 Å². The van der Waals surface area contributed by atoms with Crippen LogP contribution in [0.4, 0.5) is 11.4 Å². The molecule has 1 heterocycles. The van der Waals surface area contributed by atoms with Crippen LogP contribution < -0.4 is 10.2 Å². The topological polar surface area (TPSA) is 18.5 Å². The summed E-state index contributed by atoms with van der Waals surface area (Å²) in [5.41, 5.74) is 4.18. The van der Waals surface area contributed by atoms with Gasteiger partial charge in [0.2, 0.25) is 0 Å². The number of aryl methyl sites for hydroxylation is 1. The fourth-order valence-electron chi connectivity index (χ4n) is 2.55. The summed E-state index contributed by atoms with van der Waals surface area (Å²) in [5.74, 6) is 0. The van der Waals surface area contributed by atoms with Crippen molar-refractivity contribution in [2.45, 2.75) is 19.3 Å².